The van der Waals surface area contributed by atoms with Crippen LogP contribution in [0, 0.1) is 17.0 Å². The van der Waals surface area contributed by atoms with Gasteiger partial charge >= 0.3 is 12.0 Å². The molecule has 0 saturated heterocycles. The first-order valence-electron chi connectivity index (χ1n) is 8.85. The van der Waals surface area contributed by atoms with E-state index in [1.54, 1.807) is 56.6 Å². The number of esters is 1. The van der Waals surface area contributed by atoms with Crippen LogP contribution in [0.5, 0.6) is 0 Å². The largest absolute Gasteiger partial charge is 0.446 e. The van der Waals surface area contributed by atoms with Gasteiger partial charge in [0.05, 0.1) is 5.56 Å². The smallest absolute Gasteiger partial charge is 0.339 e. The molecule has 150 valence electrons. The summed E-state index contributed by atoms with van der Waals surface area (Å²) < 4.78 is 5.27. The number of nitro groups is 1. The fraction of sp³-hybridized carbons (Fsp3) is 0.250. The number of fused-ring (bicyclic) bond motifs is 1. The van der Waals surface area contributed by atoms with Crippen molar-refractivity contribution in [3.05, 3.63) is 75.3 Å². The maximum absolute atomic E-state index is 12.9. The molecule has 0 fully saturated rings. The monoisotopic (exact) mass is 396 g/mol. The molecule has 2 aromatic rings. The zero-order chi connectivity index (χ0) is 21.1. The highest BCUT2D eigenvalue weighted by Crippen LogP contribution is 2.34. The molecule has 0 aliphatic carbocycles. The Labute approximate surface area is 167 Å². The van der Waals surface area contributed by atoms with Crippen LogP contribution in [-0.4, -0.2) is 47.7 Å². The molecule has 3 rings (SSSR count). The van der Waals surface area contributed by atoms with E-state index in [0.29, 0.717) is 11.3 Å². The zero-order valence-corrected chi connectivity index (χ0v) is 16.2. The van der Waals surface area contributed by atoms with Crippen LogP contribution in [0.3, 0.4) is 0 Å². The standard InChI is InChI=1S/C20H20N4O5/c1-12-8-10-13(11-9-12)21-19(25)16(22-23(2)3)17(24(27)28)18-14-6-4-5-7-15(14)20(26)29-18/h4-11,17-18H,1-3H3,(H,21,25)/b22-16-. The van der Waals surface area contributed by atoms with Crippen LogP contribution in [-0.2, 0) is 9.53 Å². The fourth-order valence-corrected chi connectivity index (χ4v) is 3.05. The number of hydrogen-bond acceptors (Lipinski definition) is 7. The van der Waals surface area contributed by atoms with Crippen molar-refractivity contribution in [2.24, 2.45) is 5.10 Å². The third kappa shape index (κ3) is 4.23. The summed E-state index contributed by atoms with van der Waals surface area (Å²) in [4.78, 5) is 36.4. The van der Waals surface area contributed by atoms with E-state index in [1.807, 2.05) is 6.92 Å². The van der Waals surface area contributed by atoms with E-state index >= 15 is 0 Å². The second kappa shape index (κ2) is 8.09. The molecule has 0 bridgehead atoms. The lowest BCUT2D eigenvalue weighted by Gasteiger charge is -2.19. The minimum atomic E-state index is -1.67. The van der Waals surface area contributed by atoms with E-state index in [0.717, 1.165) is 5.56 Å². The van der Waals surface area contributed by atoms with E-state index < -0.39 is 28.9 Å². The van der Waals surface area contributed by atoms with E-state index in [9.17, 15) is 19.7 Å². The predicted molar refractivity (Wildman–Crippen MR) is 106 cm³/mol. The Hall–Kier alpha value is -3.75. The number of anilines is 1. The van der Waals surface area contributed by atoms with Gasteiger partial charge in [-0.3, -0.25) is 14.9 Å². The molecule has 2 atom stereocenters. The number of carbonyl (C=O) groups excluding carboxylic acids is 2. The van der Waals surface area contributed by atoms with Crippen molar-refractivity contribution in [2.75, 3.05) is 19.4 Å². The van der Waals surface area contributed by atoms with Crippen LogP contribution < -0.4 is 5.32 Å². The van der Waals surface area contributed by atoms with Gasteiger partial charge in [-0.05, 0) is 25.1 Å². The van der Waals surface area contributed by atoms with Crippen molar-refractivity contribution in [2.45, 2.75) is 19.1 Å². The van der Waals surface area contributed by atoms with Gasteiger partial charge in [0.1, 0.15) is 0 Å². The number of nitrogens with zero attached hydrogens (tertiary/aromatic N) is 3. The summed E-state index contributed by atoms with van der Waals surface area (Å²) >= 11 is 0. The van der Waals surface area contributed by atoms with Crippen LogP contribution in [0.2, 0.25) is 0 Å². The lowest BCUT2D eigenvalue weighted by molar-refractivity contribution is -0.514. The van der Waals surface area contributed by atoms with Gasteiger partial charge in [0.15, 0.2) is 0 Å². The Balaban J connectivity index is 1.99. The van der Waals surface area contributed by atoms with Gasteiger partial charge in [0, 0.05) is 30.3 Å². The van der Waals surface area contributed by atoms with E-state index in [-0.39, 0.29) is 11.3 Å². The summed E-state index contributed by atoms with van der Waals surface area (Å²) in [7, 11) is 3.09. The summed E-state index contributed by atoms with van der Waals surface area (Å²) in [6.07, 6.45) is -1.25. The first-order chi connectivity index (χ1) is 13.8. The van der Waals surface area contributed by atoms with Gasteiger partial charge in [0.25, 0.3) is 5.91 Å². The number of aryl methyl sites for hydroxylation is 1. The van der Waals surface area contributed by atoms with Crippen molar-refractivity contribution in [1.29, 1.82) is 0 Å². The van der Waals surface area contributed by atoms with Gasteiger partial charge in [0.2, 0.25) is 11.8 Å². The van der Waals surface area contributed by atoms with Gasteiger partial charge in [-0.15, -0.1) is 0 Å². The van der Waals surface area contributed by atoms with Crippen molar-refractivity contribution in [1.82, 2.24) is 5.01 Å². The number of hydrogen-bond donors (Lipinski definition) is 1. The van der Waals surface area contributed by atoms with E-state index in [2.05, 4.69) is 10.4 Å². The average molecular weight is 396 g/mol. The third-order valence-electron chi connectivity index (χ3n) is 4.37. The van der Waals surface area contributed by atoms with Gasteiger partial charge < -0.3 is 15.1 Å². The quantitative estimate of drug-likeness (QED) is 0.347. The highest BCUT2D eigenvalue weighted by Gasteiger charge is 2.48. The molecular weight excluding hydrogens is 376 g/mol. The summed E-state index contributed by atoms with van der Waals surface area (Å²) in [5, 5.41) is 19.9. The highest BCUT2D eigenvalue weighted by atomic mass is 16.6. The highest BCUT2D eigenvalue weighted by molar-refractivity contribution is 6.44. The van der Waals surface area contributed by atoms with Crippen molar-refractivity contribution >= 4 is 23.3 Å². The van der Waals surface area contributed by atoms with Gasteiger partial charge in [-0.1, -0.05) is 35.9 Å². The van der Waals surface area contributed by atoms with E-state index in [1.165, 1.54) is 11.1 Å². The Morgan fingerprint density at radius 1 is 1.21 bits per heavy atom. The number of ether oxygens (including phenoxy) is 1. The number of hydrazone groups is 1. The molecule has 2 unspecified atom stereocenters. The molecule has 9 heteroatoms. The third-order valence-corrected chi connectivity index (χ3v) is 4.37. The Morgan fingerprint density at radius 3 is 2.48 bits per heavy atom. The molecule has 0 spiro atoms. The maximum atomic E-state index is 12.9. The number of benzene rings is 2. The van der Waals surface area contributed by atoms with Crippen molar-refractivity contribution < 1.29 is 19.2 Å². The minimum absolute atomic E-state index is 0.243. The Morgan fingerprint density at radius 2 is 1.86 bits per heavy atom. The van der Waals surface area contributed by atoms with Crippen molar-refractivity contribution in [3.8, 4) is 0 Å². The molecule has 0 radical (unpaired) electrons. The summed E-state index contributed by atoms with van der Waals surface area (Å²) in [5.74, 6) is -1.41. The number of amides is 1. The normalized spacial score (nSPS) is 16.6. The summed E-state index contributed by atoms with van der Waals surface area (Å²) in [6.45, 7) is 1.90. The molecule has 0 saturated carbocycles. The SMILES string of the molecule is Cc1ccc(NC(=O)/C(=N\N(C)C)C(C2OC(=O)c3ccccc32)[N+](=O)[O-])cc1. The number of nitrogens with one attached hydrogen (secondary N) is 1. The number of carbonyl (C=O) groups is 2. The van der Waals surface area contributed by atoms with E-state index in [4.69, 9.17) is 4.74 Å². The second-order valence-electron chi connectivity index (χ2n) is 6.80. The van der Waals surface area contributed by atoms with Crippen LogP contribution in [0.25, 0.3) is 0 Å². The number of cyclic esters (lactones) is 1. The zero-order valence-electron chi connectivity index (χ0n) is 16.2. The first-order valence-corrected chi connectivity index (χ1v) is 8.85. The maximum Gasteiger partial charge on any atom is 0.339 e. The minimum Gasteiger partial charge on any atom is -0.446 e. The van der Waals surface area contributed by atoms with Crippen LogP contribution >= 0.6 is 0 Å². The Kier molecular flexibility index (Phi) is 5.58. The topological polar surface area (TPSA) is 114 Å². The molecule has 0 aromatic heterocycles. The molecule has 9 nitrogen and oxygen atoms in total. The van der Waals surface area contributed by atoms with Gasteiger partial charge in [-0.25, -0.2) is 4.79 Å². The second-order valence-corrected chi connectivity index (χ2v) is 6.80. The summed E-state index contributed by atoms with van der Waals surface area (Å²) in [5.41, 5.74) is 1.71. The van der Waals surface area contributed by atoms with Crippen LogP contribution in [0.1, 0.15) is 27.6 Å². The molecular formula is C20H20N4O5. The van der Waals surface area contributed by atoms with Crippen LogP contribution in [0.15, 0.2) is 53.6 Å². The molecule has 1 heterocycles. The lowest BCUT2D eigenvalue weighted by Crippen LogP contribution is -2.43. The Bertz CT molecular complexity index is 985. The lowest BCUT2D eigenvalue weighted by atomic mass is 9.96. The summed E-state index contributed by atoms with van der Waals surface area (Å²) in [6, 6.07) is 11.7. The van der Waals surface area contributed by atoms with Crippen molar-refractivity contribution in [3.63, 3.8) is 0 Å². The molecule has 1 aliphatic heterocycles. The molecule has 1 N–H and O–H groups in total. The molecule has 2 aromatic carbocycles. The molecule has 29 heavy (non-hydrogen) atoms. The predicted octanol–water partition coefficient (Wildman–Crippen LogP) is 2.41. The fourth-order valence-electron chi connectivity index (χ4n) is 3.05. The van der Waals surface area contributed by atoms with Crippen LogP contribution in [0.4, 0.5) is 5.69 Å². The molecule has 1 aliphatic rings. The number of rotatable bonds is 6. The molecule has 1 amide bonds. The van der Waals surface area contributed by atoms with Gasteiger partial charge in [-0.2, -0.15) is 5.10 Å². The first kappa shape index (κ1) is 20.0. The average Bonchev–Trinajstić information content (AvgIpc) is 2.99.